The van der Waals surface area contributed by atoms with Crippen molar-refractivity contribution in [3.63, 3.8) is 0 Å². The number of aromatic nitrogens is 3. The van der Waals surface area contributed by atoms with Gasteiger partial charge in [0.05, 0.1) is 0 Å². The summed E-state index contributed by atoms with van der Waals surface area (Å²) < 4.78 is 43.0. The third-order valence-electron chi connectivity index (χ3n) is 3.98. The quantitative estimate of drug-likeness (QED) is 0.220. The van der Waals surface area contributed by atoms with Gasteiger partial charge in [-0.2, -0.15) is 15.0 Å². The van der Waals surface area contributed by atoms with Gasteiger partial charge in [-0.05, 0) is 96.3 Å². The number of ether oxygens (including phenoxy) is 1. The van der Waals surface area contributed by atoms with Crippen LogP contribution in [0.5, 0.6) is 5.75 Å². The molecule has 0 aliphatic rings. The van der Waals surface area contributed by atoms with Crippen LogP contribution in [0.1, 0.15) is 0 Å². The summed E-state index contributed by atoms with van der Waals surface area (Å²) >= 11 is 9.57. The first-order valence-corrected chi connectivity index (χ1v) is 12.7. The topological polar surface area (TPSA) is 59.9 Å². The highest BCUT2D eigenvalue weighted by Gasteiger charge is 2.30. The molecule has 0 fully saturated rings. The highest BCUT2D eigenvalue weighted by Crippen LogP contribution is 2.32. The van der Waals surface area contributed by atoms with Crippen molar-refractivity contribution in [2.75, 3.05) is 5.32 Å². The fraction of sp³-hybridized carbons (Fsp3) is 0.0455. The second-order valence-electron chi connectivity index (χ2n) is 6.53. The Bertz CT molecular complexity index is 1190. The molecule has 174 valence electrons. The Balaban J connectivity index is 1.59. The van der Waals surface area contributed by atoms with Crippen LogP contribution in [0.4, 0.5) is 24.8 Å². The number of nitrogens with one attached hydrogen (secondary N) is 1. The fourth-order valence-electron chi connectivity index (χ4n) is 2.57. The number of alkyl halides is 3. The molecule has 1 N–H and O–H groups in total. The zero-order chi connectivity index (χ0) is 24.1. The molecule has 0 aliphatic carbocycles. The van der Waals surface area contributed by atoms with Crippen LogP contribution in [0.3, 0.4) is 0 Å². The third-order valence-corrected chi connectivity index (χ3v) is 6.79. The molecule has 0 saturated carbocycles. The van der Waals surface area contributed by atoms with E-state index >= 15 is 0 Å². The molecular formula is C22H13Br2F3N4OS2. The van der Waals surface area contributed by atoms with Gasteiger partial charge in [-0.15, -0.1) is 13.2 Å². The van der Waals surface area contributed by atoms with Gasteiger partial charge < -0.3 is 10.1 Å². The normalized spacial score (nSPS) is 11.3. The number of benzene rings is 3. The lowest BCUT2D eigenvalue weighted by Gasteiger charge is -2.11. The Labute approximate surface area is 218 Å². The maximum Gasteiger partial charge on any atom is 0.573 e. The van der Waals surface area contributed by atoms with Gasteiger partial charge >= 0.3 is 6.36 Å². The summed E-state index contributed by atoms with van der Waals surface area (Å²) in [6, 6.07) is 20.8. The minimum atomic E-state index is -4.75. The van der Waals surface area contributed by atoms with Gasteiger partial charge in [-0.3, -0.25) is 0 Å². The number of rotatable bonds is 7. The van der Waals surface area contributed by atoms with E-state index in [1.807, 2.05) is 48.5 Å². The SMILES string of the molecule is FC(F)(F)Oc1ccc(Nc2nc(Sc3ccc(Br)cc3)nc(Sc3ccc(Br)cc3)n2)cc1. The Morgan fingerprint density at radius 1 is 0.676 bits per heavy atom. The van der Waals surface area contributed by atoms with E-state index in [0.717, 1.165) is 18.7 Å². The standard InChI is InChI=1S/C22H13Br2F3N4OS2/c23-13-1-9-17(10-2-13)33-20-29-19(28-15-5-7-16(8-6-15)32-22(25,26)27)30-21(31-20)34-18-11-3-14(24)4-12-18/h1-12H,(H,28,29,30,31). The number of halogens is 5. The molecule has 0 aliphatic heterocycles. The van der Waals surface area contributed by atoms with Gasteiger partial charge in [-0.1, -0.05) is 31.9 Å². The Morgan fingerprint density at radius 2 is 1.15 bits per heavy atom. The average molecular weight is 630 g/mol. The number of anilines is 2. The van der Waals surface area contributed by atoms with E-state index in [0.29, 0.717) is 16.0 Å². The molecule has 5 nitrogen and oxygen atoms in total. The van der Waals surface area contributed by atoms with E-state index in [4.69, 9.17) is 0 Å². The molecule has 0 atom stereocenters. The maximum absolute atomic E-state index is 12.4. The molecule has 34 heavy (non-hydrogen) atoms. The molecule has 0 radical (unpaired) electrons. The molecule has 0 unspecified atom stereocenters. The molecule has 0 bridgehead atoms. The van der Waals surface area contributed by atoms with Gasteiger partial charge in [0.2, 0.25) is 5.95 Å². The van der Waals surface area contributed by atoms with E-state index in [-0.39, 0.29) is 11.7 Å². The molecule has 1 heterocycles. The lowest BCUT2D eigenvalue weighted by atomic mass is 10.3. The van der Waals surface area contributed by atoms with Crippen LogP contribution in [-0.4, -0.2) is 21.3 Å². The van der Waals surface area contributed by atoms with Gasteiger partial charge in [0, 0.05) is 24.4 Å². The first-order chi connectivity index (χ1) is 16.2. The van der Waals surface area contributed by atoms with E-state index in [9.17, 15) is 13.2 Å². The van der Waals surface area contributed by atoms with E-state index in [1.54, 1.807) is 0 Å². The van der Waals surface area contributed by atoms with Gasteiger partial charge in [0.1, 0.15) is 5.75 Å². The maximum atomic E-state index is 12.4. The van der Waals surface area contributed by atoms with Crippen molar-refractivity contribution >= 4 is 67.0 Å². The Hall–Kier alpha value is -2.28. The number of hydrogen-bond acceptors (Lipinski definition) is 7. The van der Waals surface area contributed by atoms with E-state index in [2.05, 4.69) is 56.9 Å². The summed E-state index contributed by atoms with van der Waals surface area (Å²) in [5.41, 5.74) is 0.500. The van der Waals surface area contributed by atoms with Crippen molar-refractivity contribution < 1.29 is 17.9 Å². The van der Waals surface area contributed by atoms with Crippen molar-refractivity contribution in [1.82, 2.24) is 15.0 Å². The summed E-state index contributed by atoms with van der Waals surface area (Å²) in [5, 5.41) is 3.96. The van der Waals surface area contributed by atoms with E-state index in [1.165, 1.54) is 47.8 Å². The third kappa shape index (κ3) is 7.62. The van der Waals surface area contributed by atoms with Gasteiger partial charge in [-0.25, -0.2) is 0 Å². The molecule has 4 aromatic rings. The predicted octanol–water partition coefficient (Wildman–Crippen LogP) is 8.34. The largest absolute Gasteiger partial charge is 0.573 e. The van der Waals surface area contributed by atoms with Crippen LogP contribution >= 0.6 is 55.4 Å². The molecule has 0 saturated heterocycles. The molecular weight excluding hydrogens is 617 g/mol. The Morgan fingerprint density at radius 3 is 1.59 bits per heavy atom. The van der Waals surface area contributed by atoms with Crippen LogP contribution < -0.4 is 10.1 Å². The second-order valence-corrected chi connectivity index (χ2v) is 10.4. The van der Waals surface area contributed by atoms with Crippen molar-refractivity contribution in [3.05, 3.63) is 81.7 Å². The summed E-state index contributed by atoms with van der Waals surface area (Å²) in [6.07, 6.45) is -4.75. The summed E-state index contributed by atoms with van der Waals surface area (Å²) in [6.45, 7) is 0. The predicted molar refractivity (Wildman–Crippen MR) is 133 cm³/mol. The Kier molecular flexibility index (Phi) is 8.02. The lowest BCUT2D eigenvalue weighted by Crippen LogP contribution is -2.17. The van der Waals surface area contributed by atoms with Crippen LogP contribution in [0.15, 0.2) is 102 Å². The highest BCUT2D eigenvalue weighted by molar-refractivity contribution is 9.10. The fourth-order valence-corrected chi connectivity index (χ4v) is 4.65. The van der Waals surface area contributed by atoms with Crippen LogP contribution in [0.2, 0.25) is 0 Å². The molecule has 0 spiro atoms. The van der Waals surface area contributed by atoms with Crippen molar-refractivity contribution in [2.24, 2.45) is 0 Å². The molecule has 0 amide bonds. The monoisotopic (exact) mass is 628 g/mol. The zero-order valence-corrected chi connectivity index (χ0v) is 21.7. The number of nitrogens with zero attached hydrogens (tertiary/aromatic N) is 3. The van der Waals surface area contributed by atoms with Crippen LogP contribution in [0.25, 0.3) is 0 Å². The van der Waals surface area contributed by atoms with Gasteiger partial charge in [0.15, 0.2) is 10.3 Å². The van der Waals surface area contributed by atoms with Crippen molar-refractivity contribution in [1.29, 1.82) is 0 Å². The first-order valence-electron chi connectivity index (χ1n) is 9.48. The molecule has 12 heteroatoms. The lowest BCUT2D eigenvalue weighted by molar-refractivity contribution is -0.274. The van der Waals surface area contributed by atoms with E-state index < -0.39 is 6.36 Å². The molecule has 1 aromatic heterocycles. The van der Waals surface area contributed by atoms with Crippen LogP contribution in [0, 0.1) is 0 Å². The minimum absolute atomic E-state index is 0.263. The van der Waals surface area contributed by atoms with Crippen molar-refractivity contribution in [3.8, 4) is 5.75 Å². The van der Waals surface area contributed by atoms with Crippen molar-refractivity contribution in [2.45, 2.75) is 26.5 Å². The second kappa shape index (κ2) is 11.0. The van der Waals surface area contributed by atoms with Gasteiger partial charge in [0.25, 0.3) is 0 Å². The zero-order valence-electron chi connectivity index (χ0n) is 16.9. The smallest absolute Gasteiger partial charge is 0.406 e. The highest BCUT2D eigenvalue weighted by atomic mass is 79.9. The summed E-state index contributed by atoms with van der Waals surface area (Å²) in [5.74, 6) is -0.0506. The summed E-state index contributed by atoms with van der Waals surface area (Å²) in [7, 11) is 0. The summed E-state index contributed by atoms with van der Waals surface area (Å²) in [4.78, 5) is 15.4. The average Bonchev–Trinajstić information content (AvgIpc) is 2.77. The minimum Gasteiger partial charge on any atom is -0.406 e. The first kappa shape index (κ1) is 24.8. The number of hydrogen-bond donors (Lipinski definition) is 1. The molecule has 4 rings (SSSR count). The molecule has 3 aromatic carbocycles. The van der Waals surface area contributed by atoms with Crippen LogP contribution in [-0.2, 0) is 0 Å².